The van der Waals surface area contributed by atoms with Crippen LogP contribution in [0.3, 0.4) is 0 Å². The monoisotopic (exact) mass is 321 g/mol. The van der Waals surface area contributed by atoms with E-state index >= 15 is 0 Å². The molecule has 2 rings (SSSR count). The maximum absolute atomic E-state index is 12.3. The first-order valence-electron chi connectivity index (χ1n) is 8.21. The molecule has 1 amide bonds. The van der Waals surface area contributed by atoms with Crippen LogP contribution in [0.2, 0.25) is 0 Å². The molecule has 122 valence electrons. The maximum Gasteiger partial charge on any atom is 0.223 e. The minimum Gasteiger partial charge on any atom is -0.384 e. The second-order valence-electron chi connectivity index (χ2n) is 6.20. The molecule has 0 radical (unpaired) electrons. The zero-order valence-corrected chi connectivity index (χ0v) is 14.4. The Hall–Kier alpha value is -1.00. The lowest BCUT2D eigenvalue weighted by molar-refractivity contribution is -0.128. The Balaban J connectivity index is 1.92. The molecule has 3 nitrogen and oxygen atoms in total. The molecule has 0 aromatic heterocycles. The third kappa shape index (κ3) is 4.75. The van der Waals surface area contributed by atoms with Gasteiger partial charge < -0.3 is 10.4 Å². The molecule has 2 atom stereocenters. The lowest BCUT2D eigenvalue weighted by Crippen LogP contribution is -2.40. The third-order valence-corrected chi connectivity index (χ3v) is 5.20. The number of carbonyl (C=O) groups is 1. The average Bonchev–Trinajstić information content (AvgIpc) is 3.33. The van der Waals surface area contributed by atoms with Gasteiger partial charge in [-0.2, -0.15) is 11.8 Å². The van der Waals surface area contributed by atoms with E-state index in [1.54, 1.807) is 0 Å². The van der Waals surface area contributed by atoms with E-state index in [2.05, 4.69) is 12.2 Å². The minimum atomic E-state index is -1.01. The topological polar surface area (TPSA) is 49.3 Å². The SMILES string of the molecule is CCSCCC(C)NC(=O)CC(O)(c1ccccc1)C1CC1. The number of aliphatic hydroxyl groups is 1. The minimum absolute atomic E-state index is 0.0488. The molecule has 2 N–H and O–H groups in total. The Morgan fingerprint density at radius 3 is 2.68 bits per heavy atom. The molecule has 4 heteroatoms. The van der Waals surface area contributed by atoms with Crippen molar-refractivity contribution in [3.63, 3.8) is 0 Å². The summed E-state index contributed by atoms with van der Waals surface area (Å²) in [4.78, 5) is 12.3. The standard InChI is InChI=1S/C18H27NO2S/c1-3-22-12-11-14(2)19-17(20)13-18(21,16-9-10-16)15-7-5-4-6-8-15/h4-8,14,16,21H,3,9-13H2,1-2H3,(H,19,20). The fourth-order valence-electron chi connectivity index (χ4n) is 2.82. The van der Waals surface area contributed by atoms with E-state index < -0.39 is 5.60 Å². The quantitative estimate of drug-likeness (QED) is 0.686. The van der Waals surface area contributed by atoms with Crippen molar-refractivity contribution in [3.8, 4) is 0 Å². The Labute approximate surface area is 137 Å². The van der Waals surface area contributed by atoms with Crippen LogP contribution < -0.4 is 5.32 Å². The van der Waals surface area contributed by atoms with E-state index in [9.17, 15) is 9.90 Å². The number of carbonyl (C=O) groups excluding carboxylic acids is 1. The number of amides is 1. The van der Waals surface area contributed by atoms with Crippen LogP contribution in [0.5, 0.6) is 0 Å². The molecular formula is C18H27NO2S. The molecule has 2 unspecified atom stereocenters. The molecular weight excluding hydrogens is 294 g/mol. The smallest absolute Gasteiger partial charge is 0.223 e. The van der Waals surface area contributed by atoms with Crippen LogP contribution in [-0.4, -0.2) is 28.6 Å². The summed E-state index contributed by atoms with van der Waals surface area (Å²) in [5.74, 6) is 2.33. The molecule has 0 aliphatic heterocycles. The van der Waals surface area contributed by atoms with Crippen LogP contribution in [0.25, 0.3) is 0 Å². The largest absolute Gasteiger partial charge is 0.384 e. The molecule has 0 spiro atoms. The fraction of sp³-hybridized carbons (Fsp3) is 0.611. The highest BCUT2D eigenvalue weighted by molar-refractivity contribution is 7.99. The lowest BCUT2D eigenvalue weighted by Gasteiger charge is -2.29. The molecule has 1 saturated carbocycles. The predicted octanol–water partition coefficient (Wildman–Crippen LogP) is 3.32. The Bertz CT molecular complexity index is 475. The Morgan fingerprint density at radius 1 is 1.41 bits per heavy atom. The van der Waals surface area contributed by atoms with E-state index in [-0.39, 0.29) is 24.3 Å². The van der Waals surface area contributed by atoms with Gasteiger partial charge in [-0.15, -0.1) is 0 Å². The number of thioether (sulfide) groups is 1. The van der Waals surface area contributed by atoms with Crippen molar-refractivity contribution >= 4 is 17.7 Å². The first kappa shape index (κ1) is 17.4. The van der Waals surface area contributed by atoms with Crippen LogP contribution in [0.1, 0.15) is 45.1 Å². The van der Waals surface area contributed by atoms with Gasteiger partial charge in [0, 0.05) is 6.04 Å². The molecule has 0 bridgehead atoms. The van der Waals surface area contributed by atoms with Crippen LogP contribution in [0.4, 0.5) is 0 Å². The lowest BCUT2D eigenvalue weighted by atomic mass is 9.85. The van der Waals surface area contributed by atoms with Crippen molar-refractivity contribution < 1.29 is 9.90 Å². The van der Waals surface area contributed by atoms with Crippen LogP contribution >= 0.6 is 11.8 Å². The van der Waals surface area contributed by atoms with Crippen LogP contribution in [-0.2, 0) is 10.4 Å². The highest BCUT2D eigenvalue weighted by Gasteiger charge is 2.46. The van der Waals surface area contributed by atoms with E-state index in [0.29, 0.717) is 0 Å². The van der Waals surface area contributed by atoms with Gasteiger partial charge in [-0.1, -0.05) is 37.3 Å². The highest BCUT2D eigenvalue weighted by Crippen LogP contribution is 2.47. The van der Waals surface area contributed by atoms with E-state index in [0.717, 1.165) is 36.3 Å². The Kier molecular flexibility index (Phi) is 6.33. The summed E-state index contributed by atoms with van der Waals surface area (Å²) in [5, 5.41) is 14.1. The third-order valence-electron chi connectivity index (χ3n) is 4.26. The zero-order chi connectivity index (χ0) is 16.0. The van der Waals surface area contributed by atoms with E-state index in [1.165, 1.54) is 0 Å². The molecule has 0 heterocycles. The molecule has 1 aromatic rings. The van der Waals surface area contributed by atoms with Crippen molar-refractivity contribution in [3.05, 3.63) is 35.9 Å². The van der Waals surface area contributed by atoms with Crippen molar-refractivity contribution in [2.75, 3.05) is 11.5 Å². The second kappa shape index (κ2) is 8.02. The van der Waals surface area contributed by atoms with Gasteiger partial charge in [-0.25, -0.2) is 0 Å². The molecule has 1 aliphatic carbocycles. The second-order valence-corrected chi connectivity index (χ2v) is 7.59. The summed E-state index contributed by atoms with van der Waals surface area (Å²) in [6.07, 6.45) is 3.13. The normalized spacial score (nSPS) is 18.5. The van der Waals surface area contributed by atoms with Crippen LogP contribution in [0.15, 0.2) is 30.3 Å². The summed E-state index contributed by atoms with van der Waals surface area (Å²) in [6.45, 7) is 4.18. The van der Waals surface area contributed by atoms with Crippen molar-refractivity contribution in [2.45, 2.75) is 51.2 Å². The van der Waals surface area contributed by atoms with Gasteiger partial charge in [0.25, 0.3) is 0 Å². The van der Waals surface area contributed by atoms with Gasteiger partial charge in [-0.05, 0) is 49.2 Å². The predicted molar refractivity (Wildman–Crippen MR) is 92.9 cm³/mol. The highest BCUT2D eigenvalue weighted by atomic mass is 32.2. The van der Waals surface area contributed by atoms with Gasteiger partial charge in [0.15, 0.2) is 0 Å². The summed E-state index contributed by atoms with van der Waals surface area (Å²) < 4.78 is 0. The molecule has 0 saturated heterocycles. The summed E-state index contributed by atoms with van der Waals surface area (Å²) in [5.41, 5.74) is -0.148. The number of rotatable bonds is 9. The van der Waals surface area contributed by atoms with Crippen molar-refractivity contribution in [1.82, 2.24) is 5.32 Å². The average molecular weight is 321 g/mol. The molecule has 1 aliphatic rings. The van der Waals surface area contributed by atoms with Crippen molar-refractivity contribution in [1.29, 1.82) is 0 Å². The number of nitrogens with one attached hydrogen (secondary N) is 1. The summed E-state index contributed by atoms with van der Waals surface area (Å²) in [7, 11) is 0. The van der Waals surface area contributed by atoms with Gasteiger partial charge in [0.1, 0.15) is 5.60 Å². The van der Waals surface area contributed by atoms with Gasteiger partial charge >= 0.3 is 0 Å². The number of hydrogen-bond donors (Lipinski definition) is 2. The summed E-state index contributed by atoms with van der Waals surface area (Å²) >= 11 is 1.89. The van der Waals surface area contributed by atoms with E-state index in [1.807, 2.05) is 49.0 Å². The van der Waals surface area contributed by atoms with Gasteiger partial charge in [0.05, 0.1) is 6.42 Å². The molecule has 22 heavy (non-hydrogen) atoms. The summed E-state index contributed by atoms with van der Waals surface area (Å²) in [6, 6.07) is 9.78. The fourth-order valence-corrected chi connectivity index (χ4v) is 3.63. The molecule has 1 aromatic carbocycles. The maximum atomic E-state index is 12.3. The number of benzene rings is 1. The van der Waals surface area contributed by atoms with Gasteiger partial charge in [-0.3, -0.25) is 4.79 Å². The van der Waals surface area contributed by atoms with E-state index in [4.69, 9.17) is 0 Å². The first-order valence-corrected chi connectivity index (χ1v) is 9.36. The van der Waals surface area contributed by atoms with Crippen LogP contribution in [0, 0.1) is 5.92 Å². The van der Waals surface area contributed by atoms with Gasteiger partial charge in [0.2, 0.25) is 5.91 Å². The van der Waals surface area contributed by atoms with Crippen molar-refractivity contribution in [2.24, 2.45) is 5.92 Å². The zero-order valence-electron chi connectivity index (χ0n) is 13.5. The Morgan fingerprint density at radius 2 is 2.09 bits per heavy atom. The molecule has 1 fully saturated rings. The number of hydrogen-bond acceptors (Lipinski definition) is 3. The first-order chi connectivity index (χ1) is 10.6.